The van der Waals surface area contributed by atoms with Gasteiger partial charge in [-0.25, -0.2) is 4.98 Å². The van der Waals surface area contributed by atoms with Crippen molar-refractivity contribution in [2.75, 3.05) is 13.6 Å². The Morgan fingerprint density at radius 2 is 2.38 bits per heavy atom. The van der Waals surface area contributed by atoms with Crippen LogP contribution in [0.1, 0.15) is 17.8 Å². The van der Waals surface area contributed by atoms with Crippen LogP contribution in [-0.4, -0.2) is 29.5 Å². The third-order valence-electron chi connectivity index (χ3n) is 2.88. The van der Waals surface area contributed by atoms with Gasteiger partial charge >= 0.3 is 0 Å². The molecule has 1 aromatic rings. The summed E-state index contributed by atoms with van der Waals surface area (Å²) in [6, 6.07) is 0.507. The van der Waals surface area contributed by atoms with Crippen molar-refractivity contribution in [1.82, 2.24) is 9.88 Å². The van der Waals surface area contributed by atoms with Gasteiger partial charge in [0.25, 0.3) is 0 Å². The normalized spacial score (nSPS) is 17.2. The lowest BCUT2D eigenvalue weighted by Gasteiger charge is -2.25. The fourth-order valence-electron chi connectivity index (χ4n) is 1.90. The summed E-state index contributed by atoms with van der Waals surface area (Å²) in [6.45, 7) is 1.59. The van der Waals surface area contributed by atoms with E-state index in [4.69, 9.17) is 17.3 Å². The van der Waals surface area contributed by atoms with Crippen molar-refractivity contribution in [3.63, 3.8) is 0 Å². The molecule has 0 saturated heterocycles. The molecular formula is C10H17Cl2N3S. The minimum absolute atomic E-state index is 0. The largest absolute Gasteiger partial charge is 0.329 e. The molecule has 1 fully saturated rings. The van der Waals surface area contributed by atoms with Crippen LogP contribution in [0.2, 0.25) is 4.34 Å². The van der Waals surface area contributed by atoms with Gasteiger partial charge in [-0.2, -0.15) is 0 Å². The van der Waals surface area contributed by atoms with Crippen molar-refractivity contribution in [3.8, 4) is 0 Å². The van der Waals surface area contributed by atoms with E-state index in [-0.39, 0.29) is 12.4 Å². The number of rotatable bonds is 5. The molecule has 16 heavy (non-hydrogen) atoms. The van der Waals surface area contributed by atoms with Crippen molar-refractivity contribution in [2.45, 2.75) is 25.4 Å². The Labute approximate surface area is 111 Å². The van der Waals surface area contributed by atoms with Gasteiger partial charge in [-0.3, -0.25) is 4.90 Å². The maximum atomic E-state index is 5.85. The Morgan fingerprint density at radius 1 is 1.69 bits per heavy atom. The van der Waals surface area contributed by atoms with E-state index in [0.29, 0.717) is 6.04 Å². The van der Waals surface area contributed by atoms with Crippen LogP contribution in [0.25, 0.3) is 0 Å². The number of likely N-dealkylation sites (N-methyl/N-ethyl adjacent to an activating group) is 1. The molecule has 92 valence electrons. The van der Waals surface area contributed by atoms with Gasteiger partial charge in [0.2, 0.25) is 0 Å². The van der Waals surface area contributed by atoms with E-state index in [2.05, 4.69) is 16.9 Å². The summed E-state index contributed by atoms with van der Waals surface area (Å²) >= 11 is 7.39. The highest BCUT2D eigenvalue weighted by molar-refractivity contribution is 7.15. The van der Waals surface area contributed by atoms with E-state index in [1.807, 2.05) is 0 Å². The van der Waals surface area contributed by atoms with Crippen LogP contribution in [0.5, 0.6) is 0 Å². The predicted molar refractivity (Wildman–Crippen MR) is 71.4 cm³/mol. The number of hydrogen-bond acceptors (Lipinski definition) is 4. The molecule has 0 radical (unpaired) electrons. The van der Waals surface area contributed by atoms with Crippen molar-refractivity contribution in [1.29, 1.82) is 0 Å². The molecular weight excluding hydrogens is 265 g/mol. The van der Waals surface area contributed by atoms with Gasteiger partial charge in [-0.05, 0) is 25.8 Å². The molecule has 1 aromatic heterocycles. The molecule has 1 heterocycles. The summed E-state index contributed by atoms with van der Waals surface area (Å²) in [7, 11) is 2.12. The Hall–Kier alpha value is 0.130. The van der Waals surface area contributed by atoms with E-state index in [1.54, 1.807) is 17.5 Å². The Bertz CT molecular complexity index is 328. The van der Waals surface area contributed by atoms with Crippen LogP contribution in [-0.2, 0) is 6.54 Å². The Kier molecular flexibility index (Phi) is 5.47. The molecule has 1 atom stereocenters. The lowest BCUT2D eigenvalue weighted by Crippen LogP contribution is -2.39. The molecule has 3 nitrogen and oxygen atoms in total. The maximum absolute atomic E-state index is 5.85. The summed E-state index contributed by atoms with van der Waals surface area (Å²) in [5.41, 5.74) is 5.79. The van der Waals surface area contributed by atoms with Crippen LogP contribution in [0.4, 0.5) is 0 Å². The Balaban J connectivity index is 0.00000128. The molecule has 0 bridgehead atoms. The van der Waals surface area contributed by atoms with E-state index in [9.17, 15) is 0 Å². The fourth-order valence-corrected chi connectivity index (χ4v) is 2.93. The van der Waals surface area contributed by atoms with Crippen molar-refractivity contribution in [2.24, 2.45) is 11.7 Å². The van der Waals surface area contributed by atoms with E-state index in [1.165, 1.54) is 12.8 Å². The minimum Gasteiger partial charge on any atom is -0.329 e. The van der Waals surface area contributed by atoms with Gasteiger partial charge in [0, 0.05) is 12.6 Å². The van der Waals surface area contributed by atoms with E-state index < -0.39 is 0 Å². The first kappa shape index (κ1) is 14.2. The van der Waals surface area contributed by atoms with Gasteiger partial charge in [-0.1, -0.05) is 11.6 Å². The minimum atomic E-state index is 0. The second-order valence-electron chi connectivity index (χ2n) is 4.11. The fraction of sp³-hybridized carbons (Fsp3) is 0.700. The zero-order valence-corrected chi connectivity index (χ0v) is 11.6. The van der Waals surface area contributed by atoms with Crippen LogP contribution in [0.15, 0.2) is 6.20 Å². The average Bonchev–Trinajstić information content (AvgIpc) is 2.93. The highest BCUT2D eigenvalue weighted by atomic mass is 35.5. The molecule has 6 heteroatoms. The third kappa shape index (κ3) is 3.57. The maximum Gasteiger partial charge on any atom is 0.113 e. The lowest BCUT2D eigenvalue weighted by atomic mass is 10.1. The second-order valence-corrected chi connectivity index (χ2v) is 5.86. The van der Waals surface area contributed by atoms with Gasteiger partial charge in [0.15, 0.2) is 0 Å². The zero-order valence-electron chi connectivity index (χ0n) is 9.23. The molecule has 2 rings (SSSR count). The van der Waals surface area contributed by atoms with Crippen LogP contribution in [0.3, 0.4) is 0 Å². The first-order valence-electron chi connectivity index (χ1n) is 5.21. The molecule has 0 amide bonds. The quantitative estimate of drug-likeness (QED) is 0.901. The van der Waals surface area contributed by atoms with E-state index in [0.717, 1.165) is 28.4 Å². The van der Waals surface area contributed by atoms with Gasteiger partial charge in [0.05, 0.1) is 12.7 Å². The zero-order chi connectivity index (χ0) is 10.8. The smallest absolute Gasteiger partial charge is 0.113 e. The number of nitrogens with zero attached hydrogens (tertiary/aromatic N) is 2. The number of nitrogens with two attached hydrogens (primary N) is 1. The molecule has 1 unspecified atom stereocenters. The number of halogens is 2. The van der Waals surface area contributed by atoms with Crippen molar-refractivity contribution in [3.05, 3.63) is 15.5 Å². The molecule has 2 N–H and O–H groups in total. The molecule has 0 aliphatic heterocycles. The standard InChI is InChI=1S/C10H16ClN3S.ClH/c1-14(8(4-12)7-2-3-7)6-10-13-5-9(11)15-10;/h5,7-8H,2-4,6,12H2,1H3;1H. The topological polar surface area (TPSA) is 42.2 Å². The average molecular weight is 282 g/mol. The predicted octanol–water partition coefficient (Wildman–Crippen LogP) is 2.39. The second kappa shape index (κ2) is 6.17. The van der Waals surface area contributed by atoms with Crippen LogP contribution < -0.4 is 5.73 Å². The number of hydrogen-bond donors (Lipinski definition) is 1. The Morgan fingerprint density at radius 3 is 2.81 bits per heavy atom. The summed E-state index contributed by atoms with van der Waals surface area (Å²) < 4.78 is 0.758. The molecule has 1 aliphatic rings. The lowest BCUT2D eigenvalue weighted by molar-refractivity contribution is 0.215. The molecule has 1 aliphatic carbocycles. The summed E-state index contributed by atoms with van der Waals surface area (Å²) in [4.78, 5) is 6.55. The van der Waals surface area contributed by atoms with Crippen molar-refractivity contribution < 1.29 is 0 Å². The first-order chi connectivity index (χ1) is 7.20. The SMILES string of the molecule is CN(Cc1ncc(Cl)s1)C(CN)C1CC1.Cl. The van der Waals surface area contributed by atoms with Crippen LogP contribution in [0, 0.1) is 5.92 Å². The number of aromatic nitrogens is 1. The van der Waals surface area contributed by atoms with Gasteiger partial charge in [0.1, 0.15) is 9.34 Å². The van der Waals surface area contributed by atoms with Gasteiger partial charge < -0.3 is 5.73 Å². The van der Waals surface area contributed by atoms with Crippen molar-refractivity contribution >= 4 is 35.3 Å². The summed E-state index contributed by atoms with van der Waals surface area (Å²) in [5.74, 6) is 0.801. The molecule has 0 spiro atoms. The van der Waals surface area contributed by atoms with Gasteiger partial charge in [-0.15, -0.1) is 23.7 Å². The molecule has 0 aromatic carbocycles. The monoisotopic (exact) mass is 281 g/mol. The number of thiazole rings is 1. The third-order valence-corrected chi connectivity index (χ3v) is 3.98. The van der Waals surface area contributed by atoms with E-state index >= 15 is 0 Å². The highest BCUT2D eigenvalue weighted by Gasteiger charge is 2.32. The summed E-state index contributed by atoms with van der Waals surface area (Å²) in [5, 5.41) is 1.07. The molecule has 1 saturated carbocycles. The summed E-state index contributed by atoms with van der Waals surface area (Å²) in [6.07, 6.45) is 4.36. The van der Waals surface area contributed by atoms with Crippen LogP contribution >= 0.6 is 35.3 Å². The first-order valence-corrected chi connectivity index (χ1v) is 6.40. The highest BCUT2D eigenvalue weighted by Crippen LogP contribution is 2.35.